The minimum absolute atomic E-state index is 0.0885. The Morgan fingerprint density at radius 1 is 1.09 bits per heavy atom. The fourth-order valence-electron chi connectivity index (χ4n) is 3.99. The number of benzene rings is 2. The van der Waals surface area contributed by atoms with E-state index in [1.165, 1.54) is 23.1 Å². The number of aryl methyl sites for hydroxylation is 1. The quantitative estimate of drug-likeness (QED) is 0.555. The van der Waals surface area contributed by atoms with Gasteiger partial charge in [0.15, 0.2) is 6.61 Å². The van der Waals surface area contributed by atoms with Gasteiger partial charge in [0.2, 0.25) is 0 Å². The topological polar surface area (TPSA) is 81.5 Å². The van der Waals surface area contributed by atoms with Crippen molar-refractivity contribution in [2.75, 3.05) is 13.7 Å². The zero-order valence-corrected chi connectivity index (χ0v) is 18.6. The van der Waals surface area contributed by atoms with Crippen molar-refractivity contribution in [3.8, 4) is 0 Å². The number of aromatic nitrogens is 2. The average Bonchev–Trinajstić information content (AvgIpc) is 2.79. The summed E-state index contributed by atoms with van der Waals surface area (Å²) in [5.41, 5.74) is 1.37. The van der Waals surface area contributed by atoms with Crippen molar-refractivity contribution in [3.05, 3.63) is 75.6 Å². The summed E-state index contributed by atoms with van der Waals surface area (Å²) in [5, 5.41) is 0.464. The fraction of sp³-hybridized carbons (Fsp3) is 0.360. The number of hydrogen-bond donors (Lipinski definition) is 0. The predicted octanol–water partition coefficient (Wildman–Crippen LogP) is 3.47. The lowest BCUT2D eigenvalue weighted by Crippen LogP contribution is -2.30. The van der Waals surface area contributed by atoms with Gasteiger partial charge in [-0.2, -0.15) is 0 Å². The highest BCUT2D eigenvalue weighted by Gasteiger charge is 2.17. The van der Waals surface area contributed by atoms with Gasteiger partial charge in [-0.25, -0.2) is 14.2 Å². The third kappa shape index (κ3) is 5.27. The Morgan fingerprint density at radius 3 is 2.64 bits per heavy atom. The number of esters is 1. The summed E-state index contributed by atoms with van der Waals surface area (Å²) in [5.74, 6) is -0.642. The highest BCUT2D eigenvalue weighted by atomic mass is 19.1. The minimum Gasteiger partial charge on any atom is -0.452 e. The number of fused-ring (bicyclic) bond motifs is 2. The Labute approximate surface area is 190 Å². The van der Waals surface area contributed by atoms with Crippen LogP contribution in [0.5, 0.6) is 0 Å². The molecule has 2 heterocycles. The van der Waals surface area contributed by atoms with Crippen LogP contribution < -0.4 is 5.56 Å². The molecular formula is C25H26FN3O4. The monoisotopic (exact) mass is 451 g/mol. The third-order valence-electron chi connectivity index (χ3n) is 5.89. The molecule has 7 nitrogen and oxygen atoms in total. The molecule has 33 heavy (non-hydrogen) atoms. The van der Waals surface area contributed by atoms with E-state index in [9.17, 15) is 18.8 Å². The van der Waals surface area contributed by atoms with Crippen LogP contribution in [0.2, 0.25) is 0 Å². The Balaban J connectivity index is 1.44. The van der Waals surface area contributed by atoms with Crippen LogP contribution in [0.4, 0.5) is 4.39 Å². The zero-order chi connectivity index (χ0) is 23.4. The number of likely N-dealkylation sites (N-methyl/N-ethyl adjacent to an activating group) is 1. The van der Waals surface area contributed by atoms with Crippen LogP contribution >= 0.6 is 0 Å². The van der Waals surface area contributed by atoms with E-state index in [1.54, 1.807) is 35.9 Å². The maximum atomic E-state index is 13.0. The van der Waals surface area contributed by atoms with Crippen molar-refractivity contribution in [1.82, 2.24) is 14.5 Å². The fourth-order valence-corrected chi connectivity index (χ4v) is 3.99. The molecule has 3 aromatic rings. The summed E-state index contributed by atoms with van der Waals surface area (Å²) >= 11 is 0. The number of amides is 1. The lowest BCUT2D eigenvalue weighted by Gasteiger charge is -2.17. The molecule has 4 rings (SSSR count). The van der Waals surface area contributed by atoms with Gasteiger partial charge in [-0.05, 0) is 48.7 Å². The molecule has 172 valence electrons. The second-order valence-electron chi connectivity index (χ2n) is 8.33. The first-order valence-electron chi connectivity index (χ1n) is 11.1. The van der Waals surface area contributed by atoms with Gasteiger partial charge in [-0.15, -0.1) is 0 Å². The molecule has 1 aromatic heterocycles. The average molecular weight is 451 g/mol. The lowest BCUT2D eigenvalue weighted by atomic mass is 10.1. The van der Waals surface area contributed by atoms with Gasteiger partial charge >= 0.3 is 5.97 Å². The van der Waals surface area contributed by atoms with Crippen LogP contribution in [0, 0.1) is 5.82 Å². The van der Waals surface area contributed by atoms with Crippen LogP contribution in [0.15, 0.2) is 47.3 Å². The lowest BCUT2D eigenvalue weighted by molar-refractivity contribution is -0.133. The SMILES string of the molecule is CN(Cc1ccc(F)cc1)C(=O)COC(=O)c1ccc2c(=O)n3c(nc2c1)CCCCCC3. The van der Waals surface area contributed by atoms with Crippen molar-refractivity contribution < 1.29 is 18.7 Å². The molecule has 0 saturated carbocycles. The summed E-state index contributed by atoms with van der Waals surface area (Å²) in [6, 6.07) is 10.5. The summed E-state index contributed by atoms with van der Waals surface area (Å²) in [7, 11) is 1.58. The predicted molar refractivity (Wildman–Crippen MR) is 121 cm³/mol. The van der Waals surface area contributed by atoms with Gasteiger partial charge in [0.05, 0.1) is 16.5 Å². The first-order valence-corrected chi connectivity index (χ1v) is 11.1. The van der Waals surface area contributed by atoms with Crippen molar-refractivity contribution in [2.24, 2.45) is 0 Å². The molecule has 1 amide bonds. The van der Waals surface area contributed by atoms with E-state index in [1.807, 2.05) is 0 Å². The standard InChI is InChI=1S/C25H26FN3O4/c1-28(15-17-7-10-19(26)11-8-17)23(30)16-33-25(32)18-9-12-20-21(14-18)27-22-6-4-2-3-5-13-29(22)24(20)31/h7-12,14H,2-6,13,15-16H2,1H3. The zero-order valence-electron chi connectivity index (χ0n) is 18.6. The maximum absolute atomic E-state index is 13.0. The highest BCUT2D eigenvalue weighted by Crippen LogP contribution is 2.17. The summed E-state index contributed by atoms with van der Waals surface area (Å²) in [6.07, 6.45) is 4.88. The number of nitrogens with zero attached hydrogens (tertiary/aromatic N) is 3. The summed E-state index contributed by atoms with van der Waals surface area (Å²) in [4.78, 5) is 43.9. The largest absolute Gasteiger partial charge is 0.452 e. The van der Waals surface area contributed by atoms with E-state index >= 15 is 0 Å². The molecule has 2 aromatic carbocycles. The number of rotatable bonds is 5. The third-order valence-corrected chi connectivity index (χ3v) is 5.89. The van der Waals surface area contributed by atoms with Gasteiger partial charge in [0, 0.05) is 26.6 Å². The molecule has 0 spiro atoms. The molecule has 0 N–H and O–H groups in total. The number of ether oxygens (including phenoxy) is 1. The second-order valence-corrected chi connectivity index (χ2v) is 8.33. The van der Waals surface area contributed by atoms with Gasteiger partial charge < -0.3 is 9.64 Å². The Kier molecular flexibility index (Phi) is 6.82. The molecule has 1 aliphatic rings. The van der Waals surface area contributed by atoms with E-state index in [-0.39, 0.29) is 29.4 Å². The van der Waals surface area contributed by atoms with Crippen molar-refractivity contribution in [3.63, 3.8) is 0 Å². The van der Waals surface area contributed by atoms with E-state index < -0.39 is 12.6 Å². The van der Waals surface area contributed by atoms with Crippen molar-refractivity contribution in [2.45, 2.75) is 45.2 Å². The second kappa shape index (κ2) is 9.94. The van der Waals surface area contributed by atoms with Crippen molar-refractivity contribution >= 4 is 22.8 Å². The Morgan fingerprint density at radius 2 is 1.85 bits per heavy atom. The van der Waals surface area contributed by atoms with Gasteiger partial charge in [-0.1, -0.05) is 25.0 Å². The molecule has 8 heteroatoms. The summed E-state index contributed by atoms with van der Waals surface area (Å²) < 4.78 is 20.0. The van der Waals surface area contributed by atoms with E-state index in [2.05, 4.69) is 4.98 Å². The first-order chi connectivity index (χ1) is 15.9. The van der Waals surface area contributed by atoms with E-state index in [0.29, 0.717) is 17.4 Å². The normalized spacial score (nSPS) is 13.6. The smallest absolute Gasteiger partial charge is 0.338 e. The van der Waals surface area contributed by atoms with Crippen molar-refractivity contribution in [1.29, 1.82) is 0 Å². The molecule has 0 radical (unpaired) electrons. The van der Waals surface area contributed by atoms with Crippen LogP contribution in [0.3, 0.4) is 0 Å². The van der Waals surface area contributed by atoms with Gasteiger partial charge in [0.25, 0.3) is 11.5 Å². The minimum atomic E-state index is -0.658. The summed E-state index contributed by atoms with van der Waals surface area (Å²) in [6.45, 7) is 0.509. The highest BCUT2D eigenvalue weighted by molar-refractivity contribution is 5.95. The maximum Gasteiger partial charge on any atom is 0.338 e. The molecule has 0 aliphatic carbocycles. The van der Waals surface area contributed by atoms with E-state index in [0.717, 1.165) is 43.5 Å². The van der Waals surface area contributed by atoms with Crippen LogP contribution in [0.25, 0.3) is 10.9 Å². The number of halogens is 1. The first kappa shape index (κ1) is 22.6. The molecule has 0 bridgehead atoms. The van der Waals surface area contributed by atoms with Crippen LogP contribution in [-0.4, -0.2) is 40.0 Å². The van der Waals surface area contributed by atoms with Crippen LogP contribution in [-0.2, 0) is 29.0 Å². The molecular weight excluding hydrogens is 425 g/mol. The number of carbonyl (C=O) groups is 2. The van der Waals surface area contributed by atoms with E-state index in [4.69, 9.17) is 4.74 Å². The number of carbonyl (C=O) groups excluding carboxylic acids is 2. The molecule has 0 atom stereocenters. The molecule has 0 fully saturated rings. The Bertz CT molecular complexity index is 1240. The van der Waals surface area contributed by atoms with Gasteiger partial charge in [-0.3, -0.25) is 14.2 Å². The Hall–Kier alpha value is -3.55. The van der Waals surface area contributed by atoms with Crippen LogP contribution in [0.1, 0.15) is 47.4 Å². The molecule has 0 unspecified atom stereocenters. The van der Waals surface area contributed by atoms with Gasteiger partial charge in [0.1, 0.15) is 11.6 Å². The molecule has 0 saturated heterocycles. The molecule has 1 aliphatic heterocycles. The number of hydrogen-bond acceptors (Lipinski definition) is 5.